The van der Waals surface area contributed by atoms with Gasteiger partial charge in [0.15, 0.2) is 0 Å². The summed E-state index contributed by atoms with van der Waals surface area (Å²) in [5.41, 5.74) is 4.33. The first-order valence-electron chi connectivity index (χ1n) is 10.3. The number of carbonyl (C=O) groups excluding carboxylic acids is 1. The van der Waals surface area contributed by atoms with Crippen molar-refractivity contribution in [2.45, 2.75) is 18.6 Å². The van der Waals surface area contributed by atoms with E-state index in [0.29, 0.717) is 33.3 Å². The molecule has 0 aliphatic carbocycles. The van der Waals surface area contributed by atoms with Gasteiger partial charge in [-0.2, -0.15) is 5.26 Å². The summed E-state index contributed by atoms with van der Waals surface area (Å²) < 4.78 is 0. The Balaban J connectivity index is 1.69. The number of pyridine rings is 1. The molecule has 3 aromatic rings. The molecule has 0 spiro atoms. The molecule has 164 valence electrons. The van der Waals surface area contributed by atoms with Gasteiger partial charge in [-0.05, 0) is 54.4 Å². The van der Waals surface area contributed by atoms with E-state index < -0.39 is 5.92 Å². The van der Waals surface area contributed by atoms with E-state index in [1.54, 1.807) is 48.4 Å². The summed E-state index contributed by atoms with van der Waals surface area (Å²) in [5.74, 6) is -0.0781. The highest BCUT2D eigenvalue weighted by molar-refractivity contribution is 8.02. The molecule has 0 saturated heterocycles. The van der Waals surface area contributed by atoms with Crippen molar-refractivity contribution in [3.05, 3.63) is 117 Å². The van der Waals surface area contributed by atoms with Crippen LogP contribution in [0.4, 0.5) is 5.69 Å². The standard InChI is InChI=1S/C26H21ClN4OS/c1-17-23(25(32)31-21-9-7-20(27)8-10-21)24(19-11-13-29-14-12-19)22(15-28)26(30-17)33-16-18-5-3-2-4-6-18/h2-14,24,30H,16H2,1H3,(H,31,32)/t24-/m1/s1. The van der Waals surface area contributed by atoms with Gasteiger partial charge in [0.2, 0.25) is 0 Å². The molecule has 0 bridgehead atoms. The van der Waals surface area contributed by atoms with E-state index in [-0.39, 0.29) is 5.91 Å². The molecule has 0 saturated carbocycles. The van der Waals surface area contributed by atoms with Gasteiger partial charge in [0.1, 0.15) is 0 Å². The number of nitrogens with one attached hydrogen (secondary N) is 2. The third-order valence-electron chi connectivity index (χ3n) is 5.26. The summed E-state index contributed by atoms with van der Waals surface area (Å²) in [6.07, 6.45) is 3.35. The van der Waals surface area contributed by atoms with E-state index >= 15 is 0 Å². The Labute approximate surface area is 202 Å². The molecule has 2 heterocycles. The fraction of sp³-hybridized carbons (Fsp3) is 0.115. The van der Waals surface area contributed by atoms with Crippen molar-refractivity contribution >= 4 is 35.0 Å². The second kappa shape index (κ2) is 10.4. The third-order valence-corrected chi connectivity index (χ3v) is 6.60. The maximum atomic E-state index is 13.4. The van der Waals surface area contributed by atoms with E-state index in [1.165, 1.54) is 0 Å². The van der Waals surface area contributed by atoms with E-state index in [4.69, 9.17) is 11.6 Å². The van der Waals surface area contributed by atoms with Crippen molar-refractivity contribution in [2.75, 3.05) is 5.32 Å². The van der Waals surface area contributed by atoms with Crippen molar-refractivity contribution in [2.24, 2.45) is 0 Å². The summed E-state index contributed by atoms with van der Waals surface area (Å²) in [6.45, 7) is 1.86. The lowest BCUT2D eigenvalue weighted by Crippen LogP contribution is -2.30. The number of aromatic nitrogens is 1. The van der Waals surface area contributed by atoms with E-state index in [2.05, 4.69) is 33.8 Å². The number of halogens is 1. The Morgan fingerprint density at radius 3 is 2.48 bits per heavy atom. The van der Waals surface area contributed by atoms with E-state index in [1.807, 2.05) is 37.3 Å². The van der Waals surface area contributed by atoms with Crippen molar-refractivity contribution in [3.63, 3.8) is 0 Å². The predicted octanol–water partition coefficient (Wildman–Crippen LogP) is 6.00. The van der Waals surface area contributed by atoms with Crippen LogP contribution in [0.5, 0.6) is 0 Å². The number of dihydropyridines is 1. The van der Waals surface area contributed by atoms with Gasteiger partial charge in [0, 0.05) is 40.1 Å². The fourth-order valence-electron chi connectivity index (χ4n) is 3.68. The molecular formula is C26H21ClN4OS. The molecule has 1 aliphatic heterocycles. The van der Waals surface area contributed by atoms with Crippen LogP contribution in [0, 0.1) is 11.3 Å². The lowest BCUT2D eigenvalue weighted by atomic mass is 9.82. The topological polar surface area (TPSA) is 77.8 Å². The summed E-state index contributed by atoms with van der Waals surface area (Å²) in [4.78, 5) is 17.5. The van der Waals surface area contributed by atoms with Crippen LogP contribution < -0.4 is 10.6 Å². The maximum absolute atomic E-state index is 13.4. The number of nitriles is 1. The average Bonchev–Trinajstić information content (AvgIpc) is 2.84. The number of hydrogen-bond donors (Lipinski definition) is 2. The Morgan fingerprint density at radius 1 is 1.12 bits per heavy atom. The number of carbonyl (C=O) groups is 1. The van der Waals surface area contributed by atoms with Crippen molar-refractivity contribution in [1.82, 2.24) is 10.3 Å². The van der Waals surface area contributed by atoms with Crippen LogP contribution in [0.2, 0.25) is 5.02 Å². The molecule has 1 atom stereocenters. The second-order valence-electron chi connectivity index (χ2n) is 7.47. The van der Waals surface area contributed by atoms with Gasteiger partial charge in [-0.25, -0.2) is 0 Å². The van der Waals surface area contributed by atoms with Gasteiger partial charge in [-0.3, -0.25) is 9.78 Å². The minimum atomic E-state index is -0.509. The first kappa shape index (κ1) is 22.7. The SMILES string of the molecule is CC1=C(C(=O)Nc2ccc(Cl)cc2)[C@H](c2ccncc2)C(C#N)=C(SCc2ccccc2)N1. The lowest BCUT2D eigenvalue weighted by molar-refractivity contribution is -0.113. The molecule has 0 unspecified atom stereocenters. The van der Waals surface area contributed by atoms with Gasteiger partial charge in [-0.15, -0.1) is 11.8 Å². The Kier molecular flexibility index (Phi) is 7.13. The number of anilines is 1. The minimum absolute atomic E-state index is 0.274. The molecule has 1 amide bonds. The van der Waals surface area contributed by atoms with Crippen LogP contribution in [-0.2, 0) is 10.5 Å². The van der Waals surface area contributed by atoms with Crippen LogP contribution in [0.15, 0.2) is 101 Å². The van der Waals surface area contributed by atoms with Crippen LogP contribution in [0.1, 0.15) is 24.0 Å². The quantitative estimate of drug-likeness (QED) is 0.459. The number of rotatable bonds is 6. The smallest absolute Gasteiger partial charge is 0.254 e. The molecule has 7 heteroatoms. The summed E-state index contributed by atoms with van der Waals surface area (Å²) in [5, 5.41) is 17.7. The third kappa shape index (κ3) is 5.28. The molecule has 2 N–H and O–H groups in total. The first-order chi connectivity index (χ1) is 16.1. The molecule has 1 aromatic heterocycles. The van der Waals surface area contributed by atoms with Gasteiger partial charge in [-0.1, -0.05) is 41.9 Å². The largest absolute Gasteiger partial charge is 0.353 e. The molecule has 2 aromatic carbocycles. The lowest BCUT2D eigenvalue weighted by Gasteiger charge is -2.30. The van der Waals surface area contributed by atoms with Gasteiger partial charge < -0.3 is 10.6 Å². The molecule has 4 rings (SSSR count). The Bertz CT molecular complexity index is 1250. The Morgan fingerprint density at radius 2 is 1.82 bits per heavy atom. The fourth-order valence-corrected chi connectivity index (χ4v) is 4.85. The van der Waals surface area contributed by atoms with Crippen molar-refractivity contribution in [3.8, 4) is 6.07 Å². The predicted molar refractivity (Wildman–Crippen MR) is 133 cm³/mol. The molecule has 33 heavy (non-hydrogen) atoms. The number of allylic oxidation sites excluding steroid dienone is 2. The molecule has 0 radical (unpaired) electrons. The molecule has 5 nitrogen and oxygen atoms in total. The summed E-state index contributed by atoms with van der Waals surface area (Å²) in [6, 6.07) is 23.0. The number of amides is 1. The minimum Gasteiger partial charge on any atom is -0.353 e. The normalized spacial score (nSPS) is 15.6. The molecule has 0 fully saturated rings. The van der Waals surface area contributed by atoms with Crippen LogP contribution >= 0.6 is 23.4 Å². The van der Waals surface area contributed by atoms with Crippen LogP contribution in [0.3, 0.4) is 0 Å². The van der Waals surface area contributed by atoms with Crippen LogP contribution in [-0.4, -0.2) is 10.9 Å². The second-order valence-corrected chi connectivity index (χ2v) is 8.89. The van der Waals surface area contributed by atoms with E-state index in [9.17, 15) is 10.1 Å². The number of hydrogen-bond acceptors (Lipinski definition) is 5. The van der Waals surface area contributed by atoms with E-state index in [0.717, 1.165) is 16.2 Å². The number of nitrogens with zero attached hydrogens (tertiary/aromatic N) is 2. The van der Waals surface area contributed by atoms with Gasteiger partial charge >= 0.3 is 0 Å². The van der Waals surface area contributed by atoms with Crippen molar-refractivity contribution < 1.29 is 4.79 Å². The summed E-state index contributed by atoms with van der Waals surface area (Å²) >= 11 is 7.52. The first-order valence-corrected chi connectivity index (χ1v) is 11.7. The highest BCUT2D eigenvalue weighted by Crippen LogP contribution is 2.41. The molecular weight excluding hydrogens is 452 g/mol. The highest BCUT2D eigenvalue weighted by atomic mass is 35.5. The average molecular weight is 473 g/mol. The summed E-state index contributed by atoms with van der Waals surface area (Å²) in [7, 11) is 0. The maximum Gasteiger partial charge on any atom is 0.254 e. The van der Waals surface area contributed by atoms with Crippen molar-refractivity contribution in [1.29, 1.82) is 5.26 Å². The van der Waals surface area contributed by atoms with Crippen LogP contribution in [0.25, 0.3) is 0 Å². The number of benzene rings is 2. The zero-order chi connectivity index (χ0) is 23.2. The van der Waals surface area contributed by atoms with Gasteiger partial charge in [0.25, 0.3) is 5.91 Å². The molecule has 1 aliphatic rings. The van der Waals surface area contributed by atoms with Gasteiger partial charge in [0.05, 0.1) is 22.6 Å². The highest BCUT2D eigenvalue weighted by Gasteiger charge is 2.34. The zero-order valence-corrected chi connectivity index (χ0v) is 19.5. The zero-order valence-electron chi connectivity index (χ0n) is 17.9. The number of thioether (sulfide) groups is 1. The monoisotopic (exact) mass is 472 g/mol. The Hall–Kier alpha value is -3.53.